The van der Waals surface area contributed by atoms with Crippen molar-refractivity contribution in [3.63, 3.8) is 0 Å². The van der Waals surface area contributed by atoms with Crippen molar-refractivity contribution in [3.8, 4) is 17.6 Å². The van der Waals surface area contributed by atoms with E-state index in [4.69, 9.17) is 14.2 Å². The molecule has 0 fully saturated rings. The summed E-state index contributed by atoms with van der Waals surface area (Å²) in [5.74, 6) is 0.0282. The Morgan fingerprint density at radius 3 is 2.32 bits per heavy atom. The lowest BCUT2D eigenvalue weighted by Gasteiger charge is -2.08. The van der Waals surface area contributed by atoms with Crippen molar-refractivity contribution >= 4 is 23.6 Å². The van der Waals surface area contributed by atoms with E-state index in [-0.39, 0.29) is 12.2 Å². The molecular weight excluding hydrogens is 360 g/mol. The minimum atomic E-state index is -0.568. The van der Waals surface area contributed by atoms with Crippen LogP contribution in [-0.2, 0) is 9.53 Å². The van der Waals surface area contributed by atoms with Crippen molar-refractivity contribution in [1.82, 2.24) is 0 Å². The van der Waals surface area contributed by atoms with Gasteiger partial charge in [-0.1, -0.05) is 6.07 Å². The summed E-state index contributed by atoms with van der Waals surface area (Å²) < 4.78 is 15.3. The zero-order valence-electron chi connectivity index (χ0n) is 15.8. The van der Waals surface area contributed by atoms with Gasteiger partial charge in [-0.05, 0) is 55.0 Å². The average Bonchev–Trinajstić information content (AvgIpc) is 2.72. The molecule has 7 heteroatoms. The number of nitrogens with zero attached hydrogens (tertiary/aromatic N) is 1. The number of carbonyl (C=O) groups excluding carboxylic acids is 2. The van der Waals surface area contributed by atoms with E-state index in [0.29, 0.717) is 28.3 Å². The standard InChI is InChI=1S/C21H20N2O5/c1-4-28-21(25)15-6-8-17(9-7-15)23-20(24)16(13-22)11-14-5-10-18(26-2)19(12-14)27-3/h5-12H,4H2,1-3H3,(H,23,24). The summed E-state index contributed by atoms with van der Waals surface area (Å²) in [5.41, 5.74) is 1.36. The molecular formula is C21H20N2O5. The number of nitriles is 1. The molecule has 2 rings (SSSR count). The molecule has 2 aromatic rings. The average molecular weight is 380 g/mol. The quantitative estimate of drug-likeness (QED) is 0.449. The second-order valence-electron chi connectivity index (χ2n) is 5.54. The fraction of sp³-hybridized carbons (Fsp3) is 0.190. The normalized spacial score (nSPS) is 10.6. The predicted molar refractivity (Wildman–Crippen MR) is 104 cm³/mol. The van der Waals surface area contributed by atoms with E-state index in [9.17, 15) is 14.9 Å². The van der Waals surface area contributed by atoms with Gasteiger partial charge >= 0.3 is 5.97 Å². The molecule has 0 aliphatic carbocycles. The van der Waals surface area contributed by atoms with E-state index in [1.165, 1.54) is 32.4 Å². The number of ether oxygens (including phenoxy) is 3. The molecule has 28 heavy (non-hydrogen) atoms. The predicted octanol–water partition coefficient (Wildman–Crippen LogP) is 3.43. The van der Waals surface area contributed by atoms with Crippen LogP contribution in [0.4, 0.5) is 5.69 Å². The second kappa shape index (κ2) is 9.78. The van der Waals surface area contributed by atoms with Crippen LogP contribution in [0.3, 0.4) is 0 Å². The largest absolute Gasteiger partial charge is 0.493 e. The molecule has 0 aliphatic heterocycles. The van der Waals surface area contributed by atoms with Gasteiger partial charge in [-0.2, -0.15) is 5.26 Å². The van der Waals surface area contributed by atoms with Gasteiger partial charge in [0.15, 0.2) is 11.5 Å². The molecule has 0 bridgehead atoms. The van der Waals surface area contributed by atoms with Gasteiger partial charge in [-0.25, -0.2) is 4.79 Å². The minimum absolute atomic E-state index is 0.0818. The third kappa shape index (κ3) is 5.11. The topological polar surface area (TPSA) is 97.7 Å². The number of benzene rings is 2. The molecule has 1 N–H and O–H groups in total. The minimum Gasteiger partial charge on any atom is -0.493 e. The summed E-state index contributed by atoms with van der Waals surface area (Å²) in [4.78, 5) is 24.1. The van der Waals surface area contributed by atoms with Gasteiger partial charge in [0.2, 0.25) is 0 Å². The Kier molecular flexibility index (Phi) is 7.17. The lowest BCUT2D eigenvalue weighted by molar-refractivity contribution is -0.112. The van der Waals surface area contributed by atoms with Gasteiger partial charge in [-0.3, -0.25) is 4.79 Å². The Morgan fingerprint density at radius 2 is 1.75 bits per heavy atom. The maximum atomic E-state index is 12.4. The molecule has 0 radical (unpaired) electrons. The van der Waals surface area contributed by atoms with Crippen molar-refractivity contribution in [3.05, 3.63) is 59.2 Å². The third-order valence-electron chi connectivity index (χ3n) is 3.74. The fourth-order valence-corrected chi connectivity index (χ4v) is 2.36. The number of hydrogen-bond acceptors (Lipinski definition) is 6. The Balaban J connectivity index is 2.16. The highest BCUT2D eigenvalue weighted by molar-refractivity contribution is 6.09. The molecule has 0 heterocycles. The number of hydrogen-bond donors (Lipinski definition) is 1. The summed E-state index contributed by atoms with van der Waals surface area (Å²) >= 11 is 0. The van der Waals surface area contributed by atoms with Crippen LogP contribution in [0.5, 0.6) is 11.5 Å². The lowest BCUT2D eigenvalue weighted by atomic mass is 10.1. The second-order valence-corrected chi connectivity index (χ2v) is 5.54. The highest BCUT2D eigenvalue weighted by Gasteiger charge is 2.12. The molecule has 0 saturated carbocycles. The number of anilines is 1. The van der Waals surface area contributed by atoms with Crippen LogP contribution in [0.2, 0.25) is 0 Å². The highest BCUT2D eigenvalue weighted by Crippen LogP contribution is 2.28. The number of esters is 1. The van der Waals surface area contributed by atoms with Crippen LogP contribution in [0, 0.1) is 11.3 Å². The SMILES string of the molecule is CCOC(=O)c1ccc(NC(=O)C(C#N)=Cc2ccc(OC)c(OC)c2)cc1. The Bertz CT molecular complexity index is 927. The van der Waals surface area contributed by atoms with Gasteiger partial charge in [0.1, 0.15) is 11.6 Å². The fourth-order valence-electron chi connectivity index (χ4n) is 2.36. The van der Waals surface area contributed by atoms with Crippen LogP contribution in [0.1, 0.15) is 22.8 Å². The summed E-state index contributed by atoms with van der Waals surface area (Å²) in [6.45, 7) is 2.00. The van der Waals surface area contributed by atoms with Crippen LogP contribution in [-0.4, -0.2) is 32.7 Å². The molecule has 0 saturated heterocycles. The lowest BCUT2D eigenvalue weighted by Crippen LogP contribution is -2.13. The molecule has 7 nitrogen and oxygen atoms in total. The Labute approximate surface area is 163 Å². The number of amides is 1. The van der Waals surface area contributed by atoms with E-state index >= 15 is 0 Å². The van der Waals surface area contributed by atoms with Crippen LogP contribution in [0.25, 0.3) is 6.08 Å². The van der Waals surface area contributed by atoms with Crippen LogP contribution in [0.15, 0.2) is 48.0 Å². The van der Waals surface area contributed by atoms with Crippen molar-refractivity contribution < 1.29 is 23.8 Å². The third-order valence-corrected chi connectivity index (χ3v) is 3.74. The van der Waals surface area contributed by atoms with Gasteiger partial charge in [-0.15, -0.1) is 0 Å². The van der Waals surface area contributed by atoms with Crippen LogP contribution >= 0.6 is 0 Å². The first kappa shape index (κ1) is 20.5. The first-order valence-corrected chi connectivity index (χ1v) is 8.44. The summed E-state index contributed by atoms with van der Waals surface area (Å²) in [6, 6.07) is 13.2. The number of nitrogens with one attached hydrogen (secondary N) is 1. The van der Waals surface area contributed by atoms with Crippen molar-refractivity contribution in [1.29, 1.82) is 5.26 Å². The van der Waals surface area contributed by atoms with Crippen molar-refractivity contribution in [2.45, 2.75) is 6.92 Å². The van der Waals surface area contributed by atoms with E-state index in [2.05, 4.69) is 5.32 Å². The molecule has 0 spiro atoms. The number of carbonyl (C=O) groups is 2. The molecule has 0 unspecified atom stereocenters. The van der Waals surface area contributed by atoms with E-state index in [1.807, 2.05) is 6.07 Å². The van der Waals surface area contributed by atoms with E-state index in [0.717, 1.165) is 0 Å². The first-order chi connectivity index (χ1) is 13.5. The summed E-state index contributed by atoms with van der Waals surface area (Å²) in [7, 11) is 3.03. The Hall–Kier alpha value is -3.79. The van der Waals surface area contributed by atoms with Gasteiger partial charge in [0.05, 0.1) is 26.4 Å². The smallest absolute Gasteiger partial charge is 0.338 e. The molecule has 0 aromatic heterocycles. The Morgan fingerprint density at radius 1 is 1.07 bits per heavy atom. The van der Waals surface area contributed by atoms with Gasteiger partial charge < -0.3 is 19.5 Å². The van der Waals surface area contributed by atoms with Crippen LogP contribution < -0.4 is 14.8 Å². The molecule has 2 aromatic carbocycles. The maximum absolute atomic E-state index is 12.4. The number of rotatable bonds is 7. The zero-order valence-corrected chi connectivity index (χ0v) is 15.8. The highest BCUT2D eigenvalue weighted by atomic mass is 16.5. The zero-order chi connectivity index (χ0) is 20.5. The molecule has 0 aliphatic rings. The van der Waals surface area contributed by atoms with Gasteiger partial charge in [0, 0.05) is 5.69 Å². The first-order valence-electron chi connectivity index (χ1n) is 8.44. The molecule has 144 valence electrons. The number of methoxy groups -OCH3 is 2. The van der Waals surface area contributed by atoms with E-state index < -0.39 is 11.9 Å². The van der Waals surface area contributed by atoms with Crippen molar-refractivity contribution in [2.75, 3.05) is 26.1 Å². The molecule has 1 amide bonds. The molecule has 0 atom stereocenters. The van der Waals surface area contributed by atoms with Crippen molar-refractivity contribution in [2.24, 2.45) is 0 Å². The van der Waals surface area contributed by atoms with Gasteiger partial charge in [0.25, 0.3) is 5.91 Å². The monoisotopic (exact) mass is 380 g/mol. The summed E-state index contributed by atoms with van der Waals surface area (Å²) in [5, 5.41) is 12.0. The summed E-state index contributed by atoms with van der Waals surface area (Å²) in [6.07, 6.45) is 1.45. The van der Waals surface area contributed by atoms with E-state index in [1.54, 1.807) is 37.3 Å². The maximum Gasteiger partial charge on any atom is 0.338 e.